The minimum atomic E-state index is -0.0431. The Kier molecular flexibility index (Phi) is 4.52. The highest BCUT2D eigenvalue weighted by Gasteiger charge is 2.14. The van der Waals surface area contributed by atoms with Crippen molar-refractivity contribution in [3.8, 4) is 0 Å². The van der Waals surface area contributed by atoms with E-state index in [2.05, 4.69) is 45.3 Å². The topological polar surface area (TPSA) is 87.6 Å². The fraction of sp³-hybridized carbons (Fsp3) is 0.308. The Morgan fingerprint density at radius 3 is 2.75 bits per heavy atom. The Labute approximate surface area is 121 Å². The summed E-state index contributed by atoms with van der Waals surface area (Å²) in [5, 5.41) is 13.6. The number of hydrogen-bond acceptors (Lipinski definition) is 6. The summed E-state index contributed by atoms with van der Waals surface area (Å²) >= 11 is 1.71. The summed E-state index contributed by atoms with van der Waals surface area (Å²) in [6.07, 6.45) is 3.15. The van der Waals surface area contributed by atoms with E-state index < -0.39 is 0 Å². The molecule has 2 rings (SSSR count). The molecule has 2 aromatic rings. The van der Waals surface area contributed by atoms with Crippen molar-refractivity contribution in [3.63, 3.8) is 0 Å². The zero-order valence-electron chi connectivity index (χ0n) is 11.4. The number of rotatable bonds is 5. The average molecular weight is 291 g/mol. The zero-order valence-corrected chi connectivity index (χ0v) is 12.2. The van der Waals surface area contributed by atoms with Gasteiger partial charge in [0.2, 0.25) is 0 Å². The fourth-order valence-corrected chi connectivity index (χ4v) is 2.45. The number of oxime groups is 1. The van der Waals surface area contributed by atoms with Crippen molar-refractivity contribution in [3.05, 3.63) is 40.5 Å². The largest absolute Gasteiger partial charge is 0.409 e. The molecular weight excluding hydrogens is 274 g/mol. The van der Waals surface area contributed by atoms with E-state index in [1.807, 2.05) is 6.07 Å². The van der Waals surface area contributed by atoms with Crippen LogP contribution >= 0.6 is 11.3 Å². The van der Waals surface area contributed by atoms with E-state index in [4.69, 9.17) is 10.9 Å². The second-order valence-electron chi connectivity index (χ2n) is 4.55. The highest BCUT2D eigenvalue weighted by Crippen LogP contribution is 2.19. The van der Waals surface area contributed by atoms with Crippen LogP contribution in [-0.4, -0.2) is 27.1 Å². The summed E-state index contributed by atoms with van der Waals surface area (Å²) in [7, 11) is 0. The van der Waals surface area contributed by atoms with Crippen molar-refractivity contribution in [2.45, 2.75) is 26.4 Å². The first-order chi connectivity index (χ1) is 9.61. The fourth-order valence-electron chi connectivity index (χ4n) is 1.75. The van der Waals surface area contributed by atoms with E-state index in [1.54, 1.807) is 17.5 Å². The van der Waals surface area contributed by atoms with Gasteiger partial charge in [0.25, 0.3) is 0 Å². The minimum absolute atomic E-state index is 0.0431. The lowest BCUT2D eigenvalue weighted by Gasteiger charge is -2.27. The average Bonchev–Trinajstić information content (AvgIpc) is 2.97. The van der Waals surface area contributed by atoms with Crippen LogP contribution < -0.4 is 10.6 Å². The van der Waals surface area contributed by atoms with Crippen LogP contribution in [0.1, 0.15) is 24.4 Å². The number of nitrogens with two attached hydrogens (primary N) is 1. The maximum Gasteiger partial charge on any atom is 0.190 e. The van der Waals surface area contributed by atoms with Gasteiger partial charge in [-0.15, -0.1) is 11.3 Å². The van der Waals surface area contributed by atoms with E-state index in [0.29, 0.717) is 11.7 Å². The second-order valence-corrected chi connectivity index (χ2v) is 5.58. The molecule has 7 heteroatoms. The van der Waals surface area contributed by atoms with Gasteiger partial charge in [-0.2, -0.15) is 0 Å². The molecule has 6 nitrogen and oxygen atoms in total. The molecule has 0 bridgehead atoms. The molecule has 0 aliphatic carbocycles. The number of hydrogen-bond donors (Lipinski definition) is 2. The van der Waals surface area contributed by atoms with Crippen molar-refractivity contribution in [2.24, 2.45) is 10.9 Å². The van der Waals surface area contributed by atoms with Gasteiger partial charge in [0.15, 0.2) is 5.84 Å². The standard InChI is InChI=1S/C13H17N5OS/c1-9(2)18(8-10-4-3-5-20-10)12-7-15-11(6-16-12)13(14)17-19/h3-7,9,19H,8H2,1-2H3,(H2,14,17). The predicted octanol–water partition coefficient (Wildman–Crippen LogP) is 2.05. The highest BCUT2D eigenvalue weighted by atomic mass is 32.1. The Morgan fingerprint density at radius 2 is 2.25 bits per heavy atom. The molecule has 0 fully saturated rings. The quantitative estimate of drug-likeness (QED) is 0.381. The van der Waals surface area contributed by atoms with Crippen LogP contribution in [0, 0.1) is 0 Å². The molecule has 3 N–H and O–H groups in total. The normalized spacial score (nSPS) is 11.8. The molecule has 20 heavy (non-hydrogen) atoms. The maximum atomic E-state index is 8.61. The Morgan fingerprint density at radius 1 is 1.45 bits per heavy atom. The van der Waals surface area contributed by atoms with Crippen LogP contribution in [0.2, 0.25) is 0 Å². The minimum Gasteiger partial charge on any atom is -0.409 e. The molecule has 0 aromatic carbocycles. The molecule has 0 saturated heterocycles. The molecule has 2 aromatic heterocycles. The van der Waals surface area contributed by atoms with Crippen LogP contribution in [0.25, 0.3) is 0 Å². The number of thiophene rings is 1. The van der Waals surface area contributed by atoms with E-state index in [-0.39, 0.29) is 5.84 Å². The molecule has 0 spiro atoms. The first kappa shape index (κ1) is 14.3. The predicted molar refractivity (Wildman–Crippen MR) is 80.2 cm³/mol. The molecule has 2 heterocycles. The summed E-state index contributed by atoms with van der Waals surface area (Å²) in [4.78, 5) is 11.9. The van der Waals surface area contributed by atoms with Gasteiger partial charge in [0.1, 0.15) is 11.5 Å². The summed E-state index contributed by atoms with van der Waals surface area (Å²) in [6.45, 7) is 4.99. The van der Waals surface area contributed by atoms with Crippen molar-refractivity contribution < 1.29 is 5.21 Å². The van der Waals surface area contributed by atoms with Gasteiger partial charge in [0.05, 0.1) is 18.9 Å². The highest BCUT2D eigenvalue weighted by molar-refractivity contribution is 7.09. The van der Waals surface area contributed by atoms with Crippen LogP contribution in [0.15, 0.2) is 35.1 Å². The number of nitrogens with zero attached hydrogens (tertiary/aromatic N) is 4. The number of anilines is 1. The second kappa shape index (κ2) is 6.33. The molecular formula is C13H17N5OS. The molecule has 0 radical (unpaired) electrons. The lowest BCUT2D eigenvalue weighted by atomic mass is 10.3. The molecule has 0 unspecified atom stereocenters. The van der Waals surface area contributed by atoms with Gasteiger partial charge in [-0.1, -0.05) is 11.2 Å². The van der Waals surface area contributed by atoms with Gasteiger partial charge in [-0.25, -0.2) is 9.97 Å². The van der Waals surface area contributed by atoms with Gasteiger partial charge in [-0.3, -0.25) is 0 Å². The van der Waals surface area contributed by atoms with E-state index in [0.717, 1.165) is 12.4 Å². The molecule has 0 saturated carbocycles. The van der Waals surface area contributed by atoms with E-state index in [9.17, 15) is 0 Å². The van der Waals surface area contributed by atoms with Gasteiger partial charge < -0.3 is 15.8 Å². The van der Waals surface area contributed by atoms with Gasteiger partial charge >= 0.3 is 0 Å². The first-order valence-corrected chi connectivity index (χ1v) is 7.08. The SMILES string of the molecule is CC(C)N(Cc1cccs1)c1cnc(C(N)=NO)cn1. The zero-order chi connectivity index (χ0) is 14.5. The molecule has 0 amide bonds. The third-order valence-electron chi connectivity index (χ3n) is 2.83. The van der Waals surface area contributed by atoms with Crippen molar-refractivity contribution >= 4 is 23.0 Å². The third-order valence-corrected chi connectivity index (χ3v) is 3.69. The summed E-state index contributed by atoms with van der Waals surface area (Å²) in [5.74, 6) is 0.723. The van der Waals surface area contributed by atoms with E-state index in [1.165, 1.54) is 11.1 Å². The first-order valence-electron chi connectivity index (χ1n) is 6.20. The smallest absolute Gasteiger partial charge is 0.190 e. The van der Waals surface area contributed by atoms with Gasteiger partial charge in [-0.05, 0) is 25.3 Å². The van der Waals surface area contributed by atoms with Crippen LogP contribution in [0.3, 0.4) is 0 Å². The van der Waals surface area contributed by atoms with Crippen molar-refractivity contribution in [1.82, 2.24) is 9.97 Å². The van der Waals surface area contributed by atoms with E-state index >= 15 is 0 Å². The van der Waals surface area contributed by atoms with Crippen molar-refractivity contribution in [1.29, 1.82) is 0 Å². The maximum absolute atomic E-state index is 8.61. The van der Waals surface area contributed by atoms with Crippen LogP contribution in [0.4, 0.5) is 5.82 Å². The van der Waals surface area contributed by atoms with Crippen LogP contribution in [0.5, 0.6) is 0 Å². The van der Waals surface area contributed by atoms with Crippen molar-refractivity contribution in [2.75, 3.05) is 4.90 Å². The van der Waals surface area contributed by atoms with Crippen LogP contribution in [-0.2, 0) is 6.54 Å². The third kappa shape index (κ3) is 3.24. The Hall–Kier alpha value is -2.15. The summed E-state index contributed by atoms with van der Waals surface area (Å²) < 4.78 is 0. The molecule has 0 atom stereocenters. The molecule has 0 aliphatic heterocycles. The summed E-state index contributed by atoms with van der Waals surface area (Å²) in [5.41, 5.74) is 5.83. The Bertz CT molecular complexity index is 565. The monoisotopic (exact) mass is 291 g/mol. The lowest BCUT2D eigenvalue weighted by molar-refractivity contribution is 0.318. The number of amidine groups is 1. The number of aromatic nitrogens is 2. The summed E-state index contributed by atoms with van der Waals surface area (Å²) in [6, 6.07) is 4.42. The molecule has 106 valence electrons. The Balaban J connectivity index is 2.21. The van der Waals surface area contributed by atoms with Gasteiger partial charge in [0, 0.05) is 10.9 Å². The molecule has 0 aliphatic rings. The lowest BCUT2D eigenvalue weighted by Crippen LogP contribution is -2.31.